The third-order valence-corrected chi connectivity index (χ3v) is 14.7. The van der Waals surface area contributed by atoms with Crippen LogP contribution in [0.15, 0.2) is 41.9 Å². The van der Waals surface area contributed by atoms with Gasteiger partial charge in [-0.25, -0.2) is 20.0 Å². The number of benzene rings is 1. The maximum absolute atomic E-state index is 14.8. The van der Waals surface area contributed by atoms with Gasteiger partial charge < -0.3 is 38.8 Å². The molecule has 66 heavy (non-hydrogen) atoms. The first kappa shape index (κ1) is 47.5. The number of likely N-dealkylation sites (N-methyl/N-ethyl adjacent to an activating group) is 2. The Balaban J connectivity index is 1.16. The molecule has 8 rings (SSSR count). The van der Waals surface area contributed by atoms with Crippen molar-refractivity contribution in [2.24, 2.45) is 11.3 Å². The molecule has 1 spiro atoms. The Morgan fingerprint density at radius 1 is 1.11 bits per heavy atom. The van der Waals surface area contributed by atoms with Gasteiger partial charge in [-0.15, -0.1) is 11.3 Å². The van der Waals surface area contributed by atoms with Crippen LogP contribution in [0.25, 0.3) is 33.4 Å². The molecule has 4 amide bonds. The number of aryl methyl sites for hydroxylation is 1. The van der Waals surface area contributed by atoms with Crippen LogP contribution in [0.3, 0.4) is 0 Å². The van der Waals surface area contributed by atoms with Gasteiger partial charge in [-0.2, -0.15) is 0 Å². The minimum absolute atomic E-state index is 0.0933. The summed E-state index contributed by atoms with van der Waals surface area (Å²) >= 11 is 1.43. The summed E-state index contributed by atoms with van der Waals surface area (Å²) < 4.78 is 20.5. The average molecular weight is 926 g/mol. The molecular formula is C49H67N9O7S. The Labute approximate surface area is 392 Å². The molecule has 3 fully saturated rings. The number of hydrogen-bond donors (Lipinski definition) is 2. The number of carbonyl (C=O) groups excluding carboxylic acids is 4. The van der Waals surface area contributed by atoms with Gasteiger partial charge >= 0.3 is 12.0 Å². The lowest BCUT2D eigenvalue weighted by molar-refractivity contribution is -0.169. The fraction of sp³-hybridized carbons (Fsp3) is 0.592. The molecule has 1 aromatic carbocycles. The number of fused-ring (bicyclic) bond motifs is 6. The number of carbonyl (C=O) groups is 4. The van der Waals surface area contributed by atoms with Crippen molar-refractivity contribution in [3.63, 3.8) is 0 Å². The molecule has 7 heterocycles. The molecule has 3 aromatic heterocycles. The van der Waals surface area contributed by atoms with Crippen molar-refractivity contribution < 1.29 is 33.4 Å². The lowest BCUT2D eigenvalue weighted by Gasteiger charge is -2.54. The number of cyclic esters (lactones) is 1. The van der Waals surface area contributed by atoms with Gasteiger partial charge in [-0.05, 0) is 82.8 Å². The number of rotatable bonds is 8. The predicted molar refractivity (Wildman–Crippen MR) is 253 cm³/mol. The highest BCUT2D eigenvalue weighted by molar-refractivity contribution is 7.10. The molecule has 16 nitrogen and oxygen atoms in total. The molecule has 356 valence electrons. The van der Waals surface area contributed by atoms with Crippen molar-refractivity contribution in [2.45, 2.75) is 110 Å². The number of thiazole rings is 1. The van der Waals surface area contributed by atoms with Crippen LogP contribution in [-0.4, -0.2) is 148 Å². The lowest BCUT2D eigenvalue weighted by Crippen LogP contribution is -2.72. The first-order valence-electron chi connectivity index (χ1n) is 23.4. The molecule has 6 bridgehead atoms. The quantitative estimate of drug-likeness (QED) is 0.209. The van der Waals surface area contributed by atoms with Crippen LogP contribution in [-0.2, 0) is 48.0 Å². The fourth-order valence-electron chi connectivity index (χ4n) is 10.4. The molecule has 0 saturated carbocycles. The number of nitrogens with zero attached hydrogens (tertiary/aromatic N) is 7. The summed E-state index contributed by atoms with van der Waals surface area (Å²) in [5.41, 5.74) is 7.80. The second kappa shape index (κ2) is 18.6. The summed E-state index contributed by atoms with van der Waals surface area (Å²) in [5, 5.41) is 8.22. The van der Waals surface area contributed by atoms with Gasteiger partial charge in [0.1, 0.15) is 23.2 Å². The highest BCUT2D eigenvalue weighted by Gasteiger charge is 2.50. The SMILES string of the molecule is CCn1c(-c2cccnc2[C@H](C)OC)c2c3cc(ccc31)-c1csc(n1)C[C@H](NC(=O)[C@H](C(C)C)N(C)C(=O)N1CC3(CN(C)CCO3)C1)C(=O)N1CCC[C@@](C)(N1)C(=O)OCC(C)(C)C2. The van der Waals surface area contributed by atoms with Crippen molar-refractivity contribution in [3.8, 4) is 22.5 Å². The fourth-order valence-corrected chi connectivity index (χ4v) is 11.2. The van der Waals surface area contributed by atoms with Crippen LogP contribution in [0.4, 0.5) is 4.79 Å². The van der Waals surface area contributed by atoms with Crippen molar-refractivity contribution >= 4 is 46.1 Å². The monoisotopic (exact) mass is 925 g/mol. The van der Waals surface area contributed by atoms with Gasteiger partial charge in [0.05, 0.1) is 54.5 Å². The number of pyridine rings is 1. The summed E-state index contributed by atoms with van der Waals surface area (Å²) in [6.45, 7) is 18.1. The summed E-state index contributed by atoms with van der Waals surface area (Å²) in [4.78, 5) is 72.8. The number of hydrazine groups is 1. The van der Waals surface area contributed by atoms with Crippen molar-refractivity contribution in [2.75, 3.05) is 67.1 Å². The molecule has 17 heteroatoms. The van der Waals surface area contributed by atoms with Crippen LogP contribution in [0.2, 0.25) is 0 Å². The predicted octanol–water partition coefficient (Wildman–Crippen LogP) is 5.69. The number of methoxy groups -OCH3 is 1. The molecule has 0 radical (unpaired) electrons. The Morgan fingerprint density at radius 2 is 1.88 bits per heavy atom. The Bertz CT molecular complexity index is 2480. The Morgan fingerprint density at radius 3 is 2.59 bits per heavy atom. The summed E-state index contributed by atoms with van der Waals surface area (Å²) in [7, 11) is 5.38. The molecule has 0 aliphatic carbocycles. The minimum Gasteiger partial charge on any atom is -0.464 e. The molecule has 3 saturated heterocycles. The van der Waals surface area contributed by atoms with Gasteiger partial charge in [0.25, 0.3) is 5.91 Å². The number of morpholine rings is 1. The zero-order valence-electron chi connectivity index (χ0n) is 40.2. The number of esters is 1. The van der Waals surface area contributed by atoms with Crippen molar-refractivity contribution in [3.05, 3.63) is 58.2 Å². The number of ether oxygens (including phenoxy) is 3. The average Bonchev–Trinajstić information content (AvgIpc) is 3.87. The largest absolute Gasteiger partial charge is 0.464 e. The molecule has 4 aromatic rings. The van der Waals surface area contributed by atoms with Crippen LogP contribution < -0.4 is 10.7 Å². The highest BCUT2D eigenvalue weighted by atomic mass is 32.1. The van der Waals surface area contributed by atoms with Gasteiger partial charge in [-0.3, -0.25) is 19.6 Å². The van der Waals surface area contributed by atoms with E-state index in [0.29, 0.717) is 57.1 Å². The van der Waals surface area contributed by atoms with Gasteiger partial charge in [0, 0.05) is 85.8 Å². The number of likely N-dealkylation sites (tertiary alicyclic amines) is 1. The van der Waals surface area contributed by atoms with E-state index in [-0.39, 0.29) is 31.1 Å². The zero-order chi connectivity index (χ0) is 47.3. The number of urea groups is 1. The number of amides is 4. The van der Waals surface area contributed by atoms with E-state index in [1.165, 1.54) is 21.2 Å². The van der Waals surface area contributed by atoms with Crippen LogP contribution >= 0.6 is 11.3 Å². The van der Waals surface area contributed by atoms with Gasteiger partial charge in [-0.1, -0.05) is 33.8 Å². The first-order chi connectivity index (χ1) is 31.4. The normalized spacial score (nSPS) is 23.3. The second-order valence-electron chi connectivity index (χ2n) is 20.2. The third-order valence-electron chi connectivity index (χ3n) is 13.9. The topological polar surface area (TPSA) is 164 Å². The van der Waals surface area contributed by atoms with Gasteiger partial charge in [0.2, 0.25) is 5.91 Å². The standard InChI is InChI=1S/C49H67N9O7S/c1-11-57-38-16-15-32-22-34(38)35(42(57)33-14-12-18-50-40(33)31(4)63-10)24-47(5,6)29-64-45(61)48(7)17-13-19-58(53-48)44(60)36(23-39-51-37(32)25-66-39)52-43(59)41(30(2)3)55(9)46(62)56-27-49(28-56)26-54(8)20-21-65-49/h12,14-16,18,22,25,30-31,36,41,53H,11,13,17,19-21,23-24,26-29H2,1-10H3,(H,52,59)/t31-,36-,41-,48+/m0/s1. The number of aromatic nitrogens is 3. The Kier molecular flexibility index (Phi) is 13.4. The molecule has 4 aliphatic rings. The maximum Gasteiger partial charge on any atom is 0.327 e. The van der Waals surface area contributed by atoms with E-state index >= 15 is 0 Å². The minimum atomic E-state index is -1.21. The van der Waals surface area contributed by atoms with Crippen molar-refractivity contribution in [1.29, 1.82) is 0 Å². The van der Waals surface area contributed by atoms with E-state index < -0.39 is 46.4 Å². The zero-order valence-corrected chi connectivity index (χ0v) is 41.0. The summed E-state index contributed by atoms with van der Waals surface area (Å²) in [6, 6.07) is 8.24. The first-order valence-corrected chi connectivity index (χ1v) is 24.2. The molecule has 4 aliphatic heterocycles. The molecule has 2 N–H and O–H groups in total. The van der Waals surface area contributed by atoms with E-state index in [4.69, 9.17) is 24.2 Å². The van der Waals surface area contributed by atoms with E-state index in [1.54, 1.807) is 32.2 Å². The van der Waals surface area contributed by atoms with Crippen LogP contribution in [0, 0.1) is 11.3 Å². The van der Waals surface area contributed by atoms with E-state index in [1.807, 2.05) is 32.2 Å². The van der Waals surface area contributed by atoms with E-state index in [9.17, 15) is 19.2 Å². The van der Waals surface area contributed by atoms with E-state index in [2.05, 4.69) is 72.3 Å². The summed E-state index contributed by atoms with van der Waals surface area (Å²) in [6.07, 6.45) is 3.20. The second-order valence-corrected chi connectivity index (χ2v) is 21.1. The summed E-state index contributed by atoms with van der Waals surface area (Å²) in [5.74, 6) is -1.59. The maximum atomic E-state index is 14.8. The molecular weight excluding hydrogens is 859 g/mol. The van der Waals surface area contributed by atoms with Crippen molar-refractivity contribution in [1.82, 2.24) is 45.0 Å². The number of nitrogens with one attached hydrogen (secondary N) is 2. The third kappa shape index (κ3) is 9.21. The Hall–Kier alpha value is -4.94. The van der Waals surface area contributed by atoms with Crippen LogP contribution in [0.1, 0.15) is 83.7 Å². The number of hydrogen-bond acceptors (Lipinski definition) is 12. The van der Waals surface area contributed by atoms with E-state index in [0.717, 1.165) is 57.8 Å². The lowest BCUT2D eigenvalue weighted by atomic mass is 9.84. The van der Waals surface area contributed by atoms with Crippen LogP contribution in [0.5, 0.6) is 0 Å². The smallest absolute Gasteiger partial charge is 0.327 e. The molecule has 0 unspecified atom stereocenters. The van der Waals surface area contributed by atoms with Gasteiger partial charge in [0.15, 0.2) is 0 Å². The highest BCUT2D eigenvalue weighted by Crippen LogP contribution is 2.42. The molecule has 4 atom stereocenters.